The van der Waals surface area contributed by atoms with Crippen molar-refractivity contribution in [3.8, 4) is 0 Å². The standard InChI is InChI=1S/C27H34ClFN4O2/c1-15(2)8-17-9-19(10-17)26-30-31-27(33(26)21-6-7-21)23-14-32(16(3)34)13-22(23)25(35)11-18-4-5-20(28)12-24(18)29/h4-5,12,15,17,19,21-23H,6-11,13-14H2,1-3H3/t17?,19?,22-,23-/m0/s1. The van der Waals surface area contributed by atoms with Gasteiger partial charge < -0.3 is 9.47 Å². The van der Waals surface area contributed by atoms with Crippen LogP contribution in [0.1, 0.15) is 88.0 Å². The summed E-state index contributed by atoms with van der Waals surface area (Å²) in [6.45, 7) is 6.85. The Bertz CT molecular complexity index is 1120. The van der Waals surface area contributed by atoms with E-state index in [-0.39, 0.29) is 24.0 Å². The van der Waals surface area contributed by atoms with Crippen LogP contribution in [0, 0.1) is 23.6 Å². The minimum atomic E-state index is -0.479. The number of likely N-dealkylation sites (tertiary alicyclic amines) is 1. The lowest BCUT2D eigenvalue weighted by atomic mass is 9.71. The number of Topliss-reactive ketones (excluding diaryl/α,β-unsaturated/α-hetero) is 1. The molecule has 3 fully saturated rings. The summed E-state index contributed by atoms with van der Waals surface area (Å²) < 4.78 is 16.7. The molecule has 0 unspecified atom stereocenters. The van der Waals surface area contributed by atoms with Gasteiger partial charge in [-0.25, -0.2) is 4.39 Å². The SMILES string of the molecule is CC(=O)N1C[C@H](C(=O)Cc2ccc(Cl)cc2F)[C@@H](c2nnc(C3CC(CC(C)C)C3)n2C2CC2)C1. The number of nitrogens with zero attached hydrogens (tertiary/aromatic N) is 4. The van der Waals surface area contributed by atoms with Gasteiger partial charge in [-0.2, -0.15) is 0 Å². The molecule has 0 radical (unpaired) electrons. The van der Waals surface area contributed by atoms with E-state index in [1.165, 1.54) is 19.4 Å². The van der Waals surface area contributed by atoms with Gasteiger partial charge in [0.2, 0.25) is 5.91 Å². The van der Waals surface area contributed by atoms with Gasteiger partial charge in [0.05, 0.1) is 0 Å². The lowest BCUT2D eigenvalue weighted by Gasteiger charge is -2.36. The number of ketones is 1. The number of benzene rings is 1. The van der Waals surface area contributed by atoms with Crippen LogP contribution >= 0.6 is 11.6 Å². The maximum absolute atomic E-state index is 14.4. The fourth-order valence-electron chi connectivity index (χ4n) is 5.99. The summed E-state index contributed by atoms with van der Waals surface area (Å²) in [5, 5.41) is 9.60. The maximum Gasteiger partial charge on any atom is 0.219 e. The summed E-state index contributed by atoms with van der Waals surface area (Å²) in [4.78, 5) is 27.4. The Kier molecular flexibility index (Phi) is 6.73. The number of hydrogen-bond acceptors (Lipinski definition) is 4. The highest BCUT2D eigenvalue weighted by Crippen LogP contribution is 2.48. The molecular weight excluding hydrogens is 467 g/mol. The second-order valence-electron chi connectivity index (χ2n) is 11.2. The number of amides is 1. The zero-order valence-electron chi connectivity index (χ0n) is 20.7. The van der Waals surface area contributed by atoms with Crippen molar-refractivity contribution in [2.75, 3.05) is 13.1 Å². The van der Waals surface area contributed by atoms with Crippen molar-refractivity contribution in [1.82, 2.24) is 19.7 Å². The summed E-state index contributed by atoms with van der Waals surface area (Å²) in [7, 11) is 0. The molecule has 35 heavy (non-hydrogen) atoms. The van der Waals surface area contributed by atoms with Crippen LogP contribution in [0.25, 0.3) is 0 Å². The summed E-state index contributed by atoms with van der Waals surface area (Å²) in [6.07, 6.45) is 5.70. The van der Waals surface area contributed by atoms with E-state index in [4.69, 9.17) is 11.6 Å². The highest BCUT2D eigenvalue weighted by molar-refractivity contribution is 6.30. The van der Waals surface area contributed by atoms with E-state index < -0.39 is 11.7 Å². The smallest absolute Gasteiger partial charge is 0.219 e. The maximum atomic E-state index is 14.4. The lowest BCUT2D eigenvalue weighted by Crippen LogP contribution is -2.28. The lowest BCUT2D eigenvalue weighted by molar-refractivity contribution is -0.128. The van der Waals surface area contributed by atoms with Crippen molar-refractivity contribution < 1.29 is 14.0 Å². The second-order valence-corrected chi connectivity index (χ2v) is 11.6. The Morgan fingerprint density at radius 1 is 1.14 bits per heavy atom. The van der Waals surface area contributed by atoms with Crippen molar-refractivity contribution in [3.05, 3.63) is 46.3 Å². The Morgan fingerprint density at radius 3 is 2.49 bits per heavy atom. The van der Waals surface area contributed by atoms with Gasteiger partial charge in [-0.3, -0.25) is 9.59 Å². The summed E-state index contributed by atoms with van der Waals surface area (Å²) in [5.74, 6) is 2.48. The van der Waals surface area contributed by atoms with Gasteiger partial charge in [-0.15, -0.1) is 10.2 Å². The van der Waals surface area contributed by atoms with E-state index in [0.29, 0.717) is 41.6 Å². The van der Waals surface area contributed by atoms with Crippen molar-refractivity contribution in [2.24, 2.45) is 17.8 Å². The number of carbonyl (C=O) groups excluding carboxylic acids is 2. The van der Waals surface area contributed by atoms with Gasteiger partial charge in [0.1, 0.15) is 23.2 Å². The van der Waals surface area contributed by atoms with E-state index in [9.17, 15) is 14.0 Å². The molecule has 1 aromatic heterocycles. The molecule has 0 bridgehead atoms. The molecule has 8 heteroatoms. The predicted molar refractivity (Wildman–Crippen MR) is 132 cm³/mol. The Hall–Kier alpha value is -2.28. The first-order valence-electron chi connectivity index (χ1n) is 12.9. The molecule has 0 N–H and O–H groups in total. The van der Waals surface area contributed by atoms with E-state index in [1.807, 2.05) is 0 Å². The zero-order valence-corrected chi connectivity index (χ0v) is 21.5. The molecule has 1 saturated heterocycles. The van der Waals surface area contributed by atoms with Crippen LogP contribution in [0.5, 0.6) is 0 Å². The molecule has 2 aromatic rings. The van der Waals surface area contributed by atoms with Gasteiger partial charge in [-0.05, 0) is 61.6 Å². The van der Waals surface area contributed by atoms with Gasteiger partial charge in [-0.1, -0.05) is 31.5 Å². The average molecular weight is 501 g/mol. The molecule has 1 aromatic carbocycles. The van der Waals surface area contributed by atoms with Gasteiger partial charge in [0.25, 0.3) is 0 Å². The number of hydrogen-bond donors (Lipinski definition) is 0. The van der Waals surface area contributed by atoms with E-state index in [1.54, 1.807) is 17.0 Å². The molecule has 0 spiro atoms. The van der Waals surface area contributed by atoms with Gasteiger partial charge >= 0.3 is 0 Å². The third kappa shape index (κ3) is 5.02. The van der Waals surface area contributed by atoms with Crippen molar-refractivity contribution in [3.63, 3.8) is 0 Å². The van der Waals surface area contributed by atoms with Crippen LogP contribution in [-0.4, -0.2) is 44.4 Å². The molecule has 3 aliphatic rings. The largest absolute Gasteiger partial charge is 0.341 e. The van der Waals surface area contributed by atoms with E-state index in [0.717, 1.165) is 43.3 Å². The number of carbonyl (C=O) groups is 2. The Labute approximate surface area is 211 Å². The van der Waals surface area contributed by atoms with Crippen LogP contribution in [-0.2, 0) is 16.0 Å². The number of aromatic nitrogens is 3. The monoisotopic (exact) mass is 500 g/mol. The minimum absolute atomic E-state index is 0.0279. The normalized spacial score (nSPS) is 26.3. The Morgan fingerprint density at radius 2 is 1.86 bits per heavy atom. The molecule has 188 valence electrons. The molecule has 2 aliphatic carbocycles. The van der Waals surface area contributed by atoms with Crippen LogP contribution in [0.4, 0.5) is 4.39 Å². The number of halogens is 2. The molecule has 5 rings (SSSR count). The summed E-state index contributed by atoms with van der Waals surface area (Å²) in [6, 6.07) is 4.79. The minimum Gasteiger partial charge on any atom is -0.341 e. The second kappa shape index (κ2) is 9.64. The molecule has 2 atom stereocenters. The fraction of sp³-hybridized carbons (Fsp3) is 0.630. The Balaban J connectivity index is 1.40. The quantitative estimate of drug-likeness (QED) is 0.492. The molecular formula is C27H34ClFN4O2. The van der Waals surface area contributed by atoms with Crippen molar-refractivity contribution in [2.45, 2.75) is 77.2 Å². The first-order valence-corrected chi connectivity index (χ1v) is 13.3. The van der Waals surface area contributed by atoms with E-state index >= 15 is 0 Å². The first-order chi connectivity index (χ1) is 16.7. The van der Waals surface area contributed by atoms with Crippen molar-refractivity contribution in [1.29, 1.82) is 0 Å². The van der Waals surface area contributed by atoms with Crippen LogP contribution in [0.15, 0.2) is 18.2 Å². The molecule has 1 amide bonds. The van der Waals surface area contributed by atoms with Crippen LogP contribution < -0.4 is 0 Å². The first kappa shape index (κ1) is 24.4. The molecule has 2 heterocycles. The van der Waals surface area contributed by atoms with E-state index in [2.05, 4.69) is 28.6 Å². The fourth-order valence-corrected chi connectivity index (χ4v) is 6.15. The zero-order chi connectivity index (χ0) is 24.9. The molecule has 2 saturated carbocycles. The predicted octanol–water partition coefficient (Wildman–Crippen LogP) is 5.32. The average Bonchev–Trinajstić information content (AvgIpc) is 3.35. The third-order valence-electron chi connectivity index (χ3n) is 7.96. The van der Waals surface area contributed by atoms with Gasteiger partial charge in [0, 0.05) is 55.3 Å². The summed E-state index contributed by atoms with van der Waals surface area (Å²) in [5.41, 5.74) is 0.328. The van der Waals surface area contributed by atoms with Crippen LogP contribution in [0.2, 0.25) is 5.02 Å². The number of rotatable bonds is 8. The van der Waals surface area contributed by atoms with Gasteiger partial charge in [0.15, 0.2) is 0 Å². The topological polar surface area (TPSA) is 68.1 Å². The third-order valence-corrected chi connectivity index (χ3v) is 8.19. The van der Waals surface area contributed by atoms with Crippen LogP contribution in [0.3, 0.4) is 0 Å². The molecule has 1 aliphatic heterocycles. The van der Waals surface area contributed by atoms with Crippen molar-refractivity contribution >= 4 is 23.3 Å². The highest BCUT2D eigenvalue weighted by Gasteiger charge is 2.45. The summed E-state index contributed by atoms with van der Waals surface area (Å²) >= 11 is 5.88. The highest BCUT2D eigenvalue weighted by atomic mass is 35.5. The molecule has 6 nitrogen and oxygen atoms in total.